The van der Waals surface area contributed by atoms with E-state index in [4.69, 9.17) is 4.52 Å². The van der Waals surface area contributed by atoms with Crippen LogP contribution >= 0.6 is 0 Å². The van der Waals surface area contributed by atoms with Gasteiger partial charge in [-0.15, -0.1) is 0 Å². The van der Waals surface area contributed by atoms with Gasteiger partial charge in [0.15, 0.2) is 5.82 Å². The summed E-state index contributed by atoms with van der Waals surface area (Å²) in [6, 6.07) is 0.677. The number of fused-ring (bicyclic) bond motifs is 1. The van der Waals surface area contributed by atoms with E-state index in [9.17, 15) is 0 Å². The number of likely N-dealkylation sites (tertiary alicyclic amines) is 1. The van der Waals surface area contributed by atoms with Crippen molar-refractivity contribution in [2.75, 3.05) is 19.6 Å². The summed E-state index contributed by atoms with van der Waals surface area (Å²) in [6.45, 7) is 6.66. The lowest BCUT2D eigenvalue weighted by Crippen LogP contribution is -2.34. The van der Waals surface area contributed by atoms with Crippen LogP contribution in [-0.2, 0) is 6.54 Å². The fourth-order valence-corrected chi connectivity index (χ4v) is 3.87. The molecule has 0 radical (unpaired) electrons. The molecule has 1 aromatic heterocycles. The molecule has 104 valence electrons. The van der Waals surface area contributed by atoms with Crippen molar-refractivity contribution in [1.29, 1.82) is 0 Å². The minimum absolute atomic E-state index is 0.585. The van der Waals surface area contributed by atoms with E-state index in [-0.39, 0.29) is 0 Å². The molecule has 19 heavy (non-hydrogen) atoms. The first-order chi connectivity index (χ1) is 9.35. The highest BCUT2D eigenvalue weighted by molar-refractivity contribution is 5.04. The summed E-state index contributed by atoms with van der Waals surface area (Å²) in [5, 5.41) is 7.64. The van der Waals surface area contributed by atoms with Crippen LogP contribution in [0.15, 0.2) is 4.52 Å². The Labute approximate surface area is 113 Å². The SMILES string of the molecule is CCC1C2CNCC2CN1Cc1nc(C2CC2)no1. The van der Waals surface area contributed by atoms with Crippen molar-refractivity contribution >= 4 is 0 Å². The Morgan fingerprint density at radius 3 is 3.05 bits per heavy atom. The minimum atomic E-state index is 0.585. The normalized spacial score (nSPS) is 34.9. The molecule has 3 heterocycles. The summed E-state index contributed by atoms with van der Waals surface area (Å²) < 4.78 is 5.42. The van der Waals surface area contributed by atoms with E-state index in [1.807, 2.05) is 0 Å². The zero-order valence-corrected chi connectivity index (χ0v) is 11.5. The standard InChI is InChI=1S/C14H22N4O/c1-2-12-11-6-15-5-10(11)7-18(12)8-13-16-14(17-19-13)9-3-4-9/h9-12,15H,2-8H2,1H3. The summed E-state index contributed by atoms with van der Waals surface area (Å²) in [5.41, 5.74) is 0. The van der Waals surface area contributed by atoms with E-state index in [0.29, 0.717) is 12.0 Å². The van der Waals surface area contributed by atoms with Crippen LogP contribution in [0.2, 0.25) is 0 Å². The van der Waals surface area contributed by atoms with Gasteiger partial charge < -0.3 is 9.84 Å². The lowest BCUT2D eigenvalue weighted by molar-refractivity contribution is 0.184. The van der Waals surface area contributed by atoms with Crippen LogP contribution in [-0.4, -0.2) is 40.7 Å². The van der Waals surface area contributed by atoms with E-state index < -0.39 is 0 Å². The smallest absolute Gasteiger partial charge is 0.240 e. The van der Waals surface area contributed by atoms with Gasteiger partial charge in [-0.1, -0.05) is 12.1 Å². The Morgan fingerprint density at radius 1 is 1.37 bits per heavy atom. The molecule has 2 saturated heterocycles. The van der Waals surface area contributed by atoms with Crippen molar-refractivity contribution in [3.05, 3.63) is 11.7 Å². The van der Waals surface area contributed by atoms with Gasteiger partial charge in [0.05, 0.1) is 6.54 Å². The van der Waals surface area contributed by atoms with Crippen LogP contribution in [0, 0.1) is 11.8 Å². The molecule has 1 aliphatic carbocycles. The molecule has 3 fully saturated rings. The van der Waals surface area contributed by atoms with Crippen molar-refractivity contribution in [3.63, 3.8) is 0 Å². The average molecular weight is 262 g/mol. The number of hydrogen-bond acceptors (Lipinski definition) is 5. The fourth-order valence-electron chi connectivity index (χ4n) is 3.87. The number of nitrogens with zero attached hydrogens (tertiary/aromatic N) is 3. The van der Waals surface area contributed by atoms with Crippen molar-refractivity contribution in [2.45, 2.75) is 44.7 Å². The Morgan fingerprint density at radius 2 is 2.26 bits per heavy atom. The second-order valence-corrected chi connectivity index (χ2v) is 6.31. The number of rotatable bonds is 4. The van der Waals surface area contributed by atoms with Gasteiger partial charge in [-0.3, -0.25) is 4.90 Å². The Hall–Kier alpha value is -0.940. The third kappa shape index (κ3) is 2.09. The predicted molar refractivity (Wildman–Crippen MR) is 70.6 cm³/mol. The van der Waals surface area contributed by atoms with Gasteiger partial charge >= 0.3 is 0 Å². The van der Waals surface area contributed by atoms with Gasteiger partial charge in [0.1, 0.15) is 0 Å². The summed E-state index contributed by atoms with van der Waals surface area (Å²) in [6.07, 6.45) is 3.68. The van der Waals surface area contributed by atoms with E-state index in [1.165, 1.54) is 38.9 Å². The Balaban J connectivity index is 1.46. The quantitative estimate of drug-likeness (QED) is 0.888. The topological polar surface area (TPSA) is 54.2 Å². The molecule has 0 amide bonds. The van der Waals surface area contributed by atoms with Gasteiger partial charge in [0, 0.05) is 18.5 Å². The zero-order valence-electron chi connectivity index (χ0n) is 11.5. The van der Waals surface area contributed by atoms with Gasteiger partial charge in [-0.2, -0.15) is 4.98 Å². The first-order valence-corrected chi connectivity index (χ1v) is 7.62. The third-order valence-electron chi connectivity index (χ3n) is 5.01. The molecule has 5 nitrogen and oxygen atoms in total. The van der Waals surface area contributed by atoms with Gasteiger partial charge in [-0.25, -0.2) is 0 Å². The molecular formula is C14H22N4O. The average Bonchev–Trinajstić information content (AvgIpc) is 2.84. The highest BCUT2D eigenvalue weighted by Gasteiger charge is 2.43. The lowest BCUT2D eigenvalue weighted by atomic mass is 9.93. The van der Waals surface area contributed by atoms with Crippen LogP contribution in [0.4, 0.5) is 0 Å². The minimum Gasteiger partial charge on any atom is -0.338 e. The number of aromatic nitrogens is 2. The number of nitrogens with one attached hydrogen (secondary N) is 1. The van der Waals surface area contributed by atoms with E-state index >= 15 is 0 Å². The highest BCUT2D eigenvalue weighted by Crippen LogP contribution is 2.39. The van der Waals surface area contributed by atoms with Crippen molar-refractivity contribution < 1.29 is 4.52 Å². The molecule has 2 aliphatic heterocycles. The maximum Gasteiger partial charge on any atom is 0.240 e. The van der Waals surface area contributed by atoms with Crippen LogP contribution in [0.5, 0.6) is 0 Å². The summed E-state index contributed by atoms with van der Waals surface area (Å²) >= 11 is 0. The molecule has 5 heteroatoms. The molecule has 3 unspecified atom stereocenters. The highest BCUT2D eigenvalue weighted by atomic mass is 16.5. The second-order valence-electron chi connectivity index (χ2n) is 6.31. The van der Waals surface area contributed by atoms with Crippen molar-refractivity contribution in [3.8, 4) is 0 Å². The van der Waals surface area contributed by atoms with Crippen LogP contribution in [0.25, 0.3) is 0 Å². The molecule has 3 aliphatic rings. The monoisotopic (exact) mass is 262 g/mol. The summed E-state index contributed by atoms with van der Waals surface area (Å²) in [7, 11) is 0. The van der Waals surface area contributed by atoms with E-state index in [1.54, 1.807) is 0 Å². The molecule has 3 atom stereocenters. The maximum atomic E-state index is 5.42. The van der Waals surface area contributed by atoms with Crippen LogP contribution in [0.1, 0.15) is 43.8 Å². The van der Waals surface area contributed by atoms with Gasteiger partial charge in [0.2, 0.25) is 5.89 Å². The van der Waals surface area contributed by atoms with Crippen LogP contribution < -0.4 is 5.32 Å². The third-order valence-corrected chi connectivity index (χ3v) is 5.01. The largest absolute Gasteiger partial charge is 0.338 e. The summed E-state index contributed by atoms with van der Waals surface area (Å²) in [4.78, 5) is 7.12. The molecule has 0 aromatic carbocycles. The van der Waals surface area contributed by atoms with Crippen LogP contribution in [0.3, 0.4) is 0 Å². The fraction of sp³-hybridized carbons (Fsp3) is 0.857. The van der Waals surface area contributed by atoms with Crippen molar-refractivity contribution in [1.82, 2.24) is 20.4 Å². The Bertz CT molecular complexity index is 456. The predicted octanol–water partition coefficient (Wildman–Crippen LogP) is 1.38. The molecule has 1 aromatic rings. The Kier molecular flexibility index (Phi) is 2.84. The molecule has 0 spiro atoms. The molecule has 1 saturated carbocycles. The van der Waals surface area contributed by atoms with E-state index in [0.717, 1.165) is 30.1 Å². The second kappa shape index (κ2) is 4.56. The lowest BCUT2D eigenvalue weighted by Gasteiger charge is -2.25. The maximum absolute atomic E-state index is 5.42. The first-order valence-electron chi connectivity index (χ1n) is 7.62. The zero-order chi connectivity index (χ0) is 12.8. The summed E-state index contributed by atoms with van der Waals surface area (Å²) in [5.74, 6) is 3.96. The molecular weight excluding hydrogens is 240 g/mol. The molecule has 1 N–H and O–H groups in total. The van der Waals surface area contributed by atoms with Gasteiger partial charge in [-0.05, 0) is 44.2 Å². The van der Waals surface area contributed by atoms with E-state index in [2.05, 4.69) is 27.3 Å². The number of hydrogen-bond donors (Lipinski definition) is 1. The van der Waals surface area contributed by atoms with Gasteiger partial charge in [0.25, 0.3) is 0 Å². The first kappa shape index (κ1) is 11.9. The molecule has 4 rings (SSSR count). The molecule has 0 bridgehead atoms. The van der Waals surface area contributed by atoms with Crippen molar-refractivity contribution in [2.24, 2.45) is 11.8 Å².